The van der Waals surface area contributed by atoms with E-state index in [2.05, 4.69) is 15.1 Å². The number of aromatic nitrogens is 5. The number of pyridine rings is 1. The quantitative estimate of drug-likeness (QED) is 0.544. The third-order valence-electron chi connectivity index (χ3n) is 5.79. The van der Waals surface area contributed by atoms with Gasteiger partial charge in [0.05, 0.1) is 22.0 Å². The van der Waals surface area contributed by atoms with E-state index in [0.29, 0.717) is 27.8 Å². The van der Waals surface area contributed by atoms with Crippen LogP contribution in [-0.4, -0.2) is 35.5 Å². The highest BCUT2D eigenvalue weighted by molar-refractivity contribution is 5.87. The molecule has 0 radical (unpaired) electrons. The van der Waals surface area contributed by atoms with Crippen LogP contribution in [0.25, 0.3) is 33.2 Å². The van der Waals surface area contributed by atoms with E-state index in [1.54, 1.807) is 21.5 Å². The molecule has 4 aromatic rings. The molecular weight excluding hydrogens is 368 g/mol. The zero-order valence-corrected chi connectivity index (χ0v) is 16.1. The highest BCUT2D eigenvalue weighted by Crippen LogP contribution is 2.32. The van der Waals surface area contributed by atoms with Crippen molar-refractivity contribution in [3.05, 3.63) is 47.1 Å². The van der Waals surface area contributed by atoms with Crippen molar-refractivity contribution in [1.29, 1.82) is 0 Å². The Bertz CT molecular complexity index is 1280. The number of aromatic hydroxyl groups is 1. The van der Waals surface area contributed by atoms with Crippen molar-refractivity contribution in [2.75, 3.05) is 0 Å². The number of hydrogen-bond acceptors (Lipinski definition) is 6. The summed E-state index contributed by atoms with van der Waals surface area (Å²) < 4.78 is 3.48. The lowest BCUT2D eigenvalue weighted by Crippen LogP contribution is -2.32. The van der Waals surface area contributed by atoms with E-state index in [-0.39, 0.29) is 23.4 Å². The fourth-order valence-electron chi connectivity index (χ4n) is 4.20. The first-order chi connectivity index (χ1) is 14.0. The van der Waals surface area contributed by atoms with Crippen molar-refractivity contribution < 1.29 is 5.11 Å². The first-order valence-corrected chi connectivity index (χ1v) is 9.80. The molecule has 3 aromatic heterocycles. The SMILES string of the molecule is Cn1cc2cc(-c3ncc4c(=O)n(C5CCC(N)CC5)ccc4n3)c(O)cc2n1. The first-order valence-electron chi connectivity index (χ1n) is 9.80. The predicted molar refractivity (Wildman–Crippen MR) is 111 cm³/mol. The van der Waals surface area contributed by atoms with Gasteiger partial charge in [0, 0.05) is 49.2 Å². The van der Waals surface area contributed by atoms with Crippen LogP contribution < -0.4 is 11.3 Å². The number of hydrogen-bond donors (Lipinski definition) is 2. The standard InChI is InChI=1S/C21H22N6O2/c1-26-11-12-8-15(19(28)9-18(12)25-26)20-23-10-16-17(24-20)6-7-27(21(16)29)14-4-2-13(22)3-5-14/h6-11,13-14,28H,2-5,22H2,1H3. The third-order valence-corrected chi connectivity index (χ3v) is 5.79. The van der Waals surface area contributed by atoms with Gasteiger partial charge < -0.3 is 15.4 Å². The third kappa shape index (κ3) is 3.05. The minimum absolute atomic E-state index is 0.0578. The Morgan fingerprint density at radius 1 is 1.17 bits per heavy atom. The summed E-state index contributed by atoms with van der Waals surface area (Å²) in [7, 11) is 1.83. The minimum Gasteiger partial charge on any atom is -0.507 e. The molecule has 8 nitrogen and oxygen atoms in total. The lowest BCUT2D eigenvalue weighted by molar-refractivity contribution is 0.319. The van der Waals surface area contributed by atoms with Gasteiger partial charge in [-0.25, -0.2) is 9.97 Å². The molecule has 1 aliphatic rings. The van der Waals surface area contributed by atoms with E-state index < -0.39 is 0 Å². The van der Waals surface area contributed by atoms with Gasteiger partial charge in [0.25, 0.3) is 5.56 Å². The van der Waals surface area contributed by atoms with Crippen molar-refractivity contribution in [3.63, 3.8) is 0 Å². The number of phenols is 1. The number of phenolic OH excluding ortho intramolecular Hbond substituents is 1. The smallest absolute Gasteiger partial charge is 0.261 e. The maximum atomic E-state index is 13.0. The Kier molecular flexibility index (Phi) is 4.09. The topological polar surface area (TPSA) is 112 Å². The van der Waals surface area contributed by atoms with E-state index in [4.69, 9.17) is 5.73 Å². The molecule has 8 heteroatoms. The summed E-state index contributed by atoms with van der Waals surface area (Å²) in [5, 5.41) is 16.1. The summed E-state index contributed by atoms with van der Waals surface area (Å²) in [6.45, 7) is 0. The van der Waals surface area contributed by atoms with Crippen LogP contribution in [0.5, 0.6) is 5.75 Å². The van der Waals surface area contributed by atoms with Gasteiger partial charge in [-0.15, -0.1) is 0 Å². The van der Waals surface area contributed by atoms with Gasteiger partial charge in [-0.3, -0.25) is 9.48 Å². The largest absolute Gasteiger partial charge is 0.507 e. The first kappa shape index (κ1) is 17.8. The molecule has 0 saturated heterocycles. The van der Waals surface area contributed by atoms with Crippen LogP contribution in [0.1, 0.15) is 31.7 Å². The van der Waals surface area contributed by atoms with Crippen LogP contribution in [0, 0.1) is 0 Å². The number of fused-ring (bicyclic) bond motifs is 2. The lowest BCUT2D eigenvalue weighted by Gasteiger charge is -2.27. The van der Waals surface area contributed by atoms with Gasteiger partial charge in [0.1, 0.15) is 5.75 Å². The van der Waals surface area contributed by atoms with Crippen molar-refractivity contribution in [2.24, 2.45) is 12.8 Å². The Morgan fingerprint density at radius 2 is 1.97 bits per heavy atom. The number of nitrogens with zero attached hydrogens (tertiary/aromatic N) is 5. The zero-order chi connectivity index (χ0) is 20.1. The molecule has 0 amide bonds. The number of aryl methyl sites for hydroxylation is 1. The van der Waals surface area contributed by atoms with Crippen molar-refractivity contribution in [3.8, 4) is 17.1 Å². The second-order valence-corrected chi connectivity index (χ2v) is 7.82. The molecule has 0 atom stereocenters. The molecule has 5 rings (SSSR count). The Morgan fingerprint density at radius 3 is 2.76 bits per heavy atom. The van der Waals surface area contributed by atoms with Crippen molar-refractivity contribution in [2.45, 2.75) is 37.8 Å². The van der Waals surface area contributed by atoms with Crippen LogP contribution in [0.4, 0.5) is 0 Å². The zero-order valence-electron chi connectivity index (χ0n) is 16.1. The molecule has 0 bridgehead atoms. The Balaban J connectivity index is 1.57. The summed E-state index contributed by atoms with van der Waals surface area (Å²) in [4.78, 5) is 21.9. The fraction of sp³-hybridized carbons (Fsp3) is 0.333. The lowest BCUT2D eigenvalue weighted by atomic mass is 9.91. The van der Waals surface area contributed by atoms with Gasteiger partial charge in [0.15, 0.2) is 5.82 Å². The summed E-state index contributed by atoms with van der Waals surface area (Å²) in [6, 6.07) is 5.66. The second kappa shape index (κ2) is 6.66. The average molecular weight is 390 g/mol. The van der Waals surface area contributed by atoms with E-state index >= 15 is 0 Å². The van der Waals surface area contributed by atoms with Crippen molar-refractivity contribution >= 4 is 21.8 Å². The Labute approximate surface area is 166 Å². The summed E-state index contributed by atoms with van der Waals surface area (Å²) in [6.07, 6.45) is 8.91. The van der Waals surface area contributed by atoms with Gasteiger partial charge in [0.2, 0.25) is 0 Å². The van der Waals surface area contributed by atoms with E-state index in [0.717, 1.165) is 31.1 Å². The average Bonchev–Trinajstić information content (AvgIpc) is 3.07. The normalized spacial score (nSPS) is 19.8. The number of benzene rings is 1. The van der Waals surface area contributed by atoms with Gasteiger partial charge in [-0.1, -0.05) is 0 Å². The summed E-state index contributed by atoms with van der Waals surface area (Å²) in [5.41, 5.74) is 7.68. The summed E-state index contributed by atoms with van der Waals surface area (Å²) >= 11 is 0. The van der Waals surface area contributed by atoms with E-state index in [9.17, 15) is 9.90 Å². The minimum atomic E-state index is -0.0820. The number of nitrogens with two attached hydrogens (primary N) is 1. The number of rotatable bonds is 2. The fourth-order valence-corrected chi connectivity index (χ4v) is 4.20. The molecule has 0 spiro atoms. The van der Waals surface area contributed by atoms with Crippen molar-refractivity contribution in [1.82, 2.24) is 24.3 Å². The molecule has 3 N–H and O–H groups in total. The molecule has 0 aliphatic heterocycles. The van der Waals surface area contributed by atoms with Gasteiger partial charge >= 0.3 is 0 Å². The Hall–Kier alpha value is -3.26. The predicted octanol–water partition coefficient (Wildman–Crippen LogP) is 2.49. The maximum absolute atomic E-state index is 13.0. The van der Waals surface area contributed by atoms with Gasteiger partial charge in [-0.05, 0) is 37.8 Å². The summed E-state index contributed by atoms with van der Waals surface area (Å²) in [5.74, 6) is 0.434. The van der Waals surface area contributed by atoms with E-state index in [1.807, 2.05) is 31.6 Å². The van der Waals surface area contributed by atoms with Crippen LogP contribution in [0.15, 0.2) is 41.6 Å². The van der Waals surface area contributed by atoms with Crippen LogP contribution >= 0.6 is 0 Å². The second-order valence-electron chi connectivity index (χ2n) is 7.82. The van der Waals surface area contributed by atoms with Crippen LogP contribution in [0.2, 0.25) is 0 Å². The molecule has 29 heavy (non-hydrogen) atoms. The molecule has 0 unspecified atom stereocenters. The molecule has 3 heterocycles. The monoisotopic (exact) mass is 390 g/mol. The molecule has 1 aliphatic carbocycles. The maximum Gasteiger partial charge on any atom is 0.261 e. The molecule has 1 aromatic carbocycles. The molecule has 1 saturated carbocycles. The molecular formula is C21H22N6O2. The van der Waals surface area contributed by atoms with E-state index in [1.165, 1.54) is 0 Å². The molecule has 148 valence electrons. The van der Waals surface area contributed by atoms with Crippen LogP contribution in [0.3, 0.4) is 0 Å². The highest BCUT2D eigenvalue weighted by atomic mass is 16.3. The van der Waals surface area contributed by atoms with Crippen LogP contribution in [-0.2, 0) is 7.05 Å². The highest BCUT2D eigenvalue weighted by Gasteiger charge is 2.21. The molecule has 1 fully saturated rings. The van der Waals surface area contributed by atoms with Gasteiger partial charge in [-0.2, -0.15) is 5.10 Å².